The molecule has 0 bridgehead atoms. The van der Waals surface area contributed by atoms with E-state index in [0.717, 1.165) is 11.6 Å². The number of carbonyl (C=O) groups is 1. The van der Waals surface area contributed by atoms with E-state index in [2.05, 4.69) is 0 Å². The molecule has 1 amide bonds. The van der Waals surface area contributed by atoms with Crippen LogP contribution in [0, 0.1) is 0 Å². The Morgan fingerprint density at radius 2 is 1.74 bits per heavy atom. The lowest BCUT2D eigenvalue weighted by Crippen LogP contribution is -2.32. The summed E-state index contributed by atoms with van der Waals surface area (Å²) in [5.74, 6) is 0.255. The van der Waals surface area contributed by atoms with E-state index in [4.69, 9.17) is 4.74 Å². The van der Waals surface area contributed by atoms with Crippen LogP contribution in [0.2, 0.25) is 0 Å². The van der Waals surface area contributed by atoms with Gasteiger partial charge in [0.2, 0.25) is 0 Å². The number of alkyl halides is 3. The molecule has 23 heavy (non-hydrogen) atoms. The zero-order chi connectivity index (χ0) is 16.4. The van der Waals surface area contributed by atoms with Crippen LogP contribution in [0.4, 0.5) is 13.2 Å². The molecule has 1 aliphatic heterocycles. The first-order chi connectivity index (χ1) is 10.9. The minimum Gasteiger partial charge on any atom is -0.483 e. The normalized spacial score (nSPS) is 14.9. The first-order valence-corrected chi connectivity index (χ1v) is 7.09. The maximum Gasteiger partial charge on any atom is 0.416 e. The fourth-order valence-electron chi connectivity index (χ4n) is 2.58. The first-order valence-electron chi connectivity index (χ1n) is 7.09. The molecule has 0 fully saturated rings. The molecule has 2 aromatic carbocycles. The van der Waals surface area contributed by atoms with Gasteiger partial charge in [-0.15, -0.1) is 0 Å². The van der Waals surface area contributed by atoms with Crippen molar-refractivity contribution >= 4 is 5.91 Å². The summed E-state index contributed by atoms with van der Waals surface area (Å²) >= 11 is 0. The zero-order valence-corrected chi connectivity index (χ0v) is 12.1. The van der Waals surface area contributed by atoms with E-state index in [1.165, 1.54) is 23.1 Å². The molecule has 3 nitrogen and oxygen atoms in total. The monoisotopic (exact) mass is 321 g/mol. The summed E-state index contributed by atoms with van der Waals surface area (Å²) in [4.78, 5) is 13.6. The molecule has 0 N–H and O–H groups in total. The van der Waals surface area contributed by atoms with Crippen molar-refractivity contribution in [3.05, 3.63) is 65.2 Å². The second-order valence-corrected chi connectivity index (χ2v) is 5.30. The summed E-state index contributed by atoms with van der Waals surface area (Å²) in [5, 5.41) is 0. The van der Waals surface area contributed by atoms with Gasteiger partial charge in [0.25, 0.3) is 5.91 Å². The Labute approximate surface area is 131 Å². The van der Waals surface area contributed by atoms with Crippen LogP contribution < -0.4 is 4.74 Å². The van der Waals surface area contributed by atoms with Crippen molar-refractivity contribution in [2.75, 3.05) is 6.61 Å². The number of rotatable bonds is 2. The van der Waals surface area contributed by atoms with Gasteiger partial charge in [0, 0.05) is 18.7 Å². The van der Waals surface area contributed by atoms with Crippen molar-refractivity contribution in [2.24, 2.45) is 0 Å². The Bertz CT molecular complexity index is 728. The highest BCUT2D eigenvalue weighted by Gasteiger charge is 2.34. The highest BCUT2D eigenvalue weighted by atomic mass is 19.4. The number of hydrogen-bond acceptors (Lipinski definition) is 2. The van der Waals surface area contributed by atoms with Crippen LogP contribution in [0.25, 0.3) is 0 Å². The van der Waals surface area contributed by atoms with Crippen LogP contribution in [0.15, 0.2) is 48.5 Å². The zero-order valence-electron chi connectivity index (χ0n) is 12.1. The van der Waals surface area contributed by atoms with Gasteiger partial charge in [-0.1, -0.05) is 36.4 Å². The first kappa shape index (κ1) is 15.4. The van der Waals surface area contributed by atoms with E-state index >= 15 is 0 Å². The number of benzene rings is 2. The molecule has 3 rings (SSSR count). The number of halogens is 3. The second kappa shape index (κ2) is 5.95. The van der Waals surface area contributed by atoms with Crippen molar-refractivity contribution < 1.29 is 22.7 Å². The Balaban J connectivity index is 1.90. The molecule has 120 valence electrons. The van der Waals surface area contributed by atoms with Gasteiger partial charge in [-0.3, -0.25) is 4.79 Å². The smallest absolute Gasteiger partial charge is 0.416 e. The third kappa shape index (κ3) is 3.31. The quantitative estimate of drug-likeness (QED) is 0.845. The molecule has 0 atom stereocenters. The molecule has 0 spiro atoms. The van der Waals surface area contributed by atoms with E-state index < -0.39 is 11.7 Å². The summed E-state index contributed by atoms with van der Waals surface area (Å²) in [6, 6.07) is 12.5. The maximum atomic E-state index is 13.1. The number of fused-ring (bicyclic) bond motifs is 1. The van der Waals surface area contributed by atoms with Crippen LogP contribution in [0.3, 0.4) is 0 Å². The lowest BCUT2D eigenvalue weighted by atomic mass is 10.1. The van der Waals surface area contributed by atoms with Gasteiger partial charge >= 0.3 is 6.18 Å². The number of carbonyl (C=O) groups excluding carboxylic acids is 1. The Morgan fingerprint density at radius 3 is 2.52 bits per heavy atom. The predicted octanol–water partition coefficient (Wildman–Crippen LogP) is 3.63. The molecular formula is C17H14F3NO2. The average molecular weight is 321 g/mol. The molecule has 0 radical (unpaired) electrons. The minimum absolute atomic E-state index is 0.0766. The summed E-state index contributed by atoms with van der Waals surface area (Å²) in [6.07, 6.45) is -4.44. The molecular weight excluding hydrogens is 307 g/mol. The van der Waals surface area contributed by atoms with Crippen LogP contribution in [-0.2, 0) is 24.1 Å². The van der Waals surface area contributed by atoms with Crippen LogP contribution >= 0.6 is 0 Å². The standard InChI is InChI=1S/C17H14F3NO2/c18-17(19,20)14-7-3-1-5-12(14)9-21-10-13-6-2-4-8-15(13)23-11-16(21)22/h1-8H,9-11H2. The van der Waals surface area contributed by atoms with Gasteiger partial charge in [0.05, 0.1) is 5.56 Å². The molecule has 0 aliphatic carbocycles. The van der Waals surface area contributed by atoms with Crippen molar-refractivity contribution in [2.45, 2.75) is 19.3 Å². The highest BCUT2D eigenvalue weighted by Crippen LogP contribution is 2.33. The SMILES string of the molecule is O=C1COc2ccccc2CN1Cc1ccccc1C(F)(F)F. The van der Waals surface area contributed by atoms with Crippen LogP contribution in [0.5, 0.6) is 5.75 Å². The third-order valence-electron chi connectivity index (χ3n) is 3.72. The van der Waals surface area contributed by atoms with Crippen molar-refractivity contribution in [1.29, 1.82) is 0 Å². The fraction of sp³-hybridized carbons (Fsp3) is 0.235. The lowest BCUT2D eigenvalue weighted by Gasteiger charge is -2.22. The summed E-state index contributed by atoms with van der Waals surface area (Å²) in [6.45, 7) is -0.0569. The predicted molar refractivity (Wildman–Crippen MR) is 77.6 cm³/mol. The van der Waals surface area contributed by atoms with Crippen LogP contribution in [0.1, 0.15) is 16.7 Å². The summed E-state index contributed by atoms with van der Waals surface area (Å²) in [7, 11) is 0. The number of amides is 1. The maximum absolute atomic E-state index is 13.1. The van der Waals surface area contributed by atoms with E-state index in [1.54, 1.807) is 24.3 Å². The molecule has 0 aromatic heterocycles. The van der Waals surface area contributed by atoms with Gasteiger partial charge < -0.3 is 9.64 Å². The Hall–Kier alpha value is -2.50. The molecule has 0 saturated carbocycles. The second-order valence-electron chi connectivity index (χ2n) is 5.30. The number of hydrogen-bond donors (Lipinski definition) is 0. The average Bonchev–Trinajstić information content (AvgIpc) is 2.67. The Morgan fingerprint density at radius 1 is 1.04 bits per heavy atom. The molecule has 2 aromatic rings. The van der Waals surface area contributed by atoms with Gasteiger partial charge in [0.15, 0.2) is 6.61 Å². The molecule has 1 heterocycles. The largest absolute Gasteiger partial charge is 0.483 e. The van der Waals surface area contributed by atoms with E-state index in [-0.39, 0.29) is 31.2 Å². The van der Waals surface area contributed by atoms with Crippen molar-refractivity contribution in [1.82, 2.24) is 4.90 Å². The summed E-state index contributed by atoms with van der Waals surface area (Å²) in [5.41, 5.74) is 0.141. The molecule has 6 heteroatoms. The van der Waals surface area contributed by atoms with Gasteiger partial charge in [-0.2, -0.15) is 13.2 Å². The lowest BCUT2D eigenvalue weighted by molar-refractivity contribution is -0.140. The van der Waals surface area contributed by atoms with Gasteiger partial charge in [0.1, 0.15) is 5.75 Å². The Kier molecular flexibility index (Phi) is 3.98. The van der Waals surface area contributed by atoms with Crippen molar-refractivity contribution in [3.8, 4) is 5.75 Å². The molecule has 1 aliphatic rings. The summed E-state index contributed by atoms with van der Waals surface area (Å²) < 4.78 is 44.7. The minimum atomic E-state index is -4.44. The molecule has 0 unspecified atom stereocenters. The van der Waals surface area contributed by atoms with E-state index in [0.29, 0.717) is 5.75 Å². The van der Waals surface area contributed by atoms with Gasteiger partial charge in [-0.05, 0) is 17.7 Å². The van der Waals surface area contributed by atoms with Gasteiger partial charge in [-0.25, -0.2) is 0 Å². The van der Waals surface area contributed by atoms with E-state index in [9.17, 15) is 18.0 Å². The fourth-order valence-corrected chi connectivity index (χ4v) is 2.58. The number of ether oxygens (including phenoxy) is 1. The van der Waals surface area contributed by atoms with E-state index in [1.807, 2.05) is 0 Å². The molecule has 0 saturated heterocycles. The third-order valence-corrected chi connectivity index (χ3v) is 3.72. The number of nitrogens with zero attached hydrogens (tertiary/aromatic N) is 1. The topological polar surface area (TPSA) is 29.5 Å². The van der Waals surface area contributed by atoms with Crippen LogP contribution in [-0.4, -0.2) is 17.4 Å². The number of para-hydroxylation sites is 1. The van der Waals surface area contributed by atoms with Crippen molar-refractivity contribution in [3.63, 3.8) is 0 Å². The highest BCUT2D eigenvalue weighted by molar-refractivity contribution is 5.78.